The molecule has 0 aromatic rings. The van der Waals surface area contributed by atoms with E-state index in [0.29, 0.717) is 0 Å². The lowest BCUT2D eigenvalue weighted by molar-refractivity contribution is 0.170. The predicted molar refractivity (Wildman–Crippen MR) is 77.3 cm³/mol. The maximum Gasteiger partial charge on any atom is 0.0512 e. The van der Waals surface area contributed by atoms with Gasteiger partial charge in [0.2, 0.25) is 0 Å². The van der Waals surface area contributed by atoms with Crippen LogP contribution in [-0.4, -0.2) is 11.2 Å². The minimum absolute atomic E-state index is 0.112. The Bertz CT molecular complexity index is 142. The Morgan fingerprint density at radius 3 is 1.94 bits per heavy atom. The van der Waals surface area contributed by atoms with Gasteiger partial charge in [0, 0.05) is 0 Å². The lowest BCUT2D eigenvalue weighted by Gasteiger charge is -2.16. The van der Waals surface area contributed by atoms with Gasteiger partial charge in [-0.05, 0) is 25.7 Å². The Kier molecular flexibility index (Phi) is 12.4. The number of aliphatic hydroxyl groups excluding tert-OH is 1. The molecule has 0 saturated carbocycles. The molecule has 2 atom stereocenters. The van der Waals surface area contributed by atoms with Gasteiger partial charge in [0.25, 0.3) is 0 Å². The Hall–Kier alpha value is -0.0400. The zero-order chi connectivity index (χ0) is 12.9. The van der Waals surface area contributed by atoms with Crippen molar-refractivity contribution in [3.63, 3.8) is 0 Å². The molecule has 0 aromatic heterocycles. The van der Waals surface area contributed by atoms with Crippen LogP contribution in [0.3, 0.4) is 0 Å². The molecule has 0 saturated heterocycles. The molecular formula is C16H34O. The van der Waals surface area contributed by atoms with Gasteiger partial charge in [-0.3, -0.25) is 0 Å². The molecule has 0 spiro atoms. The Morgan fingerprint density at radius 1 is 0.706 bits per heavy atom. The van der Waals surface area contributed by atoms with E-state index in [2.05, 4.69) is 13.8 Å². The molecular weight excluding hydrogens is 208 g/mol. The maximum atomic E-state index is 9.34. The summed E-state index contributed by atoms with van der Waals surface area (Å²) in [6.07, 6.45) is 14.5. The van der Waals surface area contributed by atoms with Gasteiger partial charge in [-0.2, -0.15) is 0 Å². The average Bonchev–Trinajstić information content (AvgIpc) is 2.30. The van der Waals surface area contributed by atoms with E-state index in [1.807, 2.05) is 6.92 Å². The molecule has 2 unspecified atom stereocenters. The Labute approximate surface area is 109 Å². The second-order valence-corrected chi connectivity index (χ2v) is 5.64. The smallest absolute Gasteiger partial charge is 0.0512 e. The first-order valence-corrected chi connectivity index (χ1v) is 7.88. The van der Waals surface area contributed by atoms with Crippen LogP contribution in [0.15, 0.2) is 0 Å². The van der Waals surface area contributed by atoms with Gasteiger partial charge in [0.05, 0.1) is 6.10 Å². The van der Waals surface area contributed by atoms with E-state index in [-0.39, 0.29) is 6.10 Å². The molecule has 0 aliphatic carbocycles. The number of rotatable bonds is 12. The minimum Gasteiger partial charge on any atom is -0.393 e. The quantitative estimate of drug-likeness (QED) is 0.460. The zero-order valence-corrected chi connectivity index (χ0v) is 12.4. The zero-order valence-electron chi connectivity index (χ0n) is 12.4. The predicted octanol–water partition coefficient (Wildman–Crippen LogP) is 5.31. The van der Waals surface area contributed by atoms with Crippen LogP contribution in [0.1, 0.15) is 91.4 Å². The minimum atomic E-state index is -0.112. The summed E-state index contributed by atoms with van der Waals surface area (Å²) in [5.74, 6) is 0.862. The number of hydrogen-bond donors (Lipinski definition) is 1. The third-order valence-corrected chi connectivity index (χ3v) is 3.66. The first-order chi connectivity index (χ1) is 8.20. The summed E-state index contributed by atoms with van der Waals surface area (Å²) < 4.78 is 0. The molecule has 0 fully saturated rings. The summed E-state index contributed by atoms with van der Waals surface area (Å²) in [5.41, 5.74) is 0. The monoisotopic (exact) mass is 242 g/mol. The molecule has 0 heterocycles. The summed E-state index contributed by atoms with van der Waals surface area (Å²) in [6, 6.07) is 0. The Morgan fingerprint density at radius 2 is 1.35 bits per heavy atom. The van der Waals surface area contributed by atoms with Gasteiger partial charge in [-0.25, -0.2) is 0 Å². The highest BCUT2D eigenvalue weighted by Gasteiger charge is 2.08. The fourth-order valence-electron chi connectivity index (χ4n) is 2.53. The van der Waals surface area contributed by atoms with Gasteiger partial charge >= 0.3 is 0 Å². The number of unbranched alkanes of at least 4 members (excludes halogenated alkanes) is 5. The Balaban J connectivity index is 3.48. The fourth-order valence-corrected chi connectivity index (χ4v) is 2.53. The van der Waals surface area contributed by atoms with Crippen molar-refractivity contribution in [3.8, 4) is 0 Å². The van der Waals surface area contributed by atoms with Crippen LogP contribution in [0.2, 0.25) is 0 Å². The topological polar surface area (TPSA) is 20.2 Å². The third-order valence-electron chi connectivity index (χ3n) is 3.66. The van der Waals surface area contributed by atoms with Crippen molar-refractivity contribution in [2.75, 3.05) is 0 Å². The lowest BCUT2D eigenvalue weighted by Crippen LogP contribution is -2.06. The lowest BCUT2D eigenvalue weighted by atomic mass is 9.91. The van der Waals surface area contributed by atoms with Crippen molar-refractivity contribution < 1.29 is 5.11 Å². The van der Waals surface area contributed by atoms with Gasteiger partial charge < -0.3 is 5.11 Å². The van der Waals surface area contributed by atoms with E-state index in [1.165, 1.54) is 64.2 Å². The van der Waals surface area contributed by atoms with Crippen molar-refractivity contribution in [1.82, 2.24) is 0 Å². The molecule has 0 rings (SSSR count). The summed E-state index contributed by atoms with van der Waals surface area (Å²) in [6.45, 7) is 6.46. The molecule has 1 N–H and O–H groups in total. The van der Waals surface area contributed by atoms with Crippen molar-refractivity contribution >= 4 is 0 Å². The van der Waals surface area contributed by atoms with Crippen LogP contribution in [0.5, 0.6) is 0 Å². The van der Waals surface area contributed by atoms with Crippen LogP contribution in [0.4, 0.5) is 0 Å². The van der Waals surface area contributed by atoms with Gasteiger partial charge in [0.1, 0.15) is 0 Å². The van der Waals surface area contributed by atoms with Crippen LogP contribution in [-0.2, 0) is 0 Å². The maximum absolute atomic E-state index is 9.34. The first-order valence-electron chi connectivity index (χ1n) is 7.88. The molecule has 0 radical (unpaired) electrons. The van der Waals surface area contributed by atoms with E-state index < -0.39 is 0 Å². The normalized spacial score (nSPS) is 14.8. The second kappa shape index (κ2) is 12.4. The third kappa shape index (κ3) is 12.2. The van der Waals surface area contributed by atoms with Crippen LogP contribution >= 0.6 is 0 Å². The fraction of sp³-hybridized carbons (Fsp3) is 1.00. The van der Waals surface area contributed by atoms with E-state index in [4.69, 9.17) is 0 Å². The summed E-state index contributed by atoms with van der Waals surface area (Å²) >= 11 is 0. The SMILES string of the molecule is CCCCCCCCC(CCC)CCC(C)O. The highest BCUT2D eigenvalue weighted by atomic mass is 16.3. The van der Waals surface area contributed by atoms with Crippen LogP contribution < -0.4 is 0 Å². The van der Waals surface area contributed by atoms with Crippen molar-refractivity contribution in [3.05, 3.63) is 0 Å². The summed E-state index contributed by atoms with van der Waals surface area (Å²) in [4.78, 5) is 0. The van der Waals surface area contributed by atoms with E-state index in [1.54, 1.807) is 0 Å². The van der Waals surface area contributed by atoms with Gasteiger partial charge in [-0.1, -0.05) is 71.6 Å². The van der Waals surface area contributed by atoms with E-state index in [0.717, 1.165) is 12.3 Å². The second-order valence-electron chi connectivity index (χ2n) is 5.64. The van der Waals surface area contributed by atoms with E-state index >= 15 is 0 Å². The van der Waals surface area contributed by atoms with Crippen molar-refractivity contribution in [1.29, 1.82) is 0 Å². The molecule has 104 valence electrons. The molecule has 1 heteroatoms. The molecule has 1 nitrogen and oxygen atoms in total. The highest BCUT2D eigenvalue weighted by molar-refractivity contribution is 4.62. The molecule has 0 aliphatic rings. The molecule has 0 aliphatic heterocycles. The average molecular weight is 242 g/mol. The van der Waals surface area contributed by atoms with E-state index in [9.17, 15) is 5.11 Å². The van der Waals surface area contributed by atoms with Crippen molar-refractivity contribution in [2.24, 2.45) is 5.92 Å². The van der Waals surface area contributed by atoms with Gasteiger partial charge in [-0.15, -0.1) is 0 Å². The standard InChI is InChI=1S/C16H34O/c1-4-6-7-8-9-10-12-16(11-5-2)14-13-15(3)17/h15-17H,4-14H2,1-3H3. The van der Waals surface area contributed by atoms with Crippen molar-refractivity contribution in [2.45, 2.75) is 97.5 Å². The largest absolute Gasteiger partial charge is 0.393 e. The molecule has 17 heavy (non-hydrogen) atoms. The number of aliphatic hydroxyl groups is 1. The summed E-state index contributed by atoms with van der Waals surface area (Å²) in [7, 11) is 0. The summed E-state index contributed by atoms with van der Waals surface area (Å²) in [5, 5.41) is 9.34. The van der Waals surface area contributed by atoms with Gasteiger partial charge in [0.15, 0.2) is 0 Å². The molecule has 0 aromatic carbocycles. The van der Waals surface area contributed by atoms with Crippen LogP contribution in [0.25, 0.3) is 0 Å². The molecule has 0 bridgehead atoms. The molecule has 0 amide bonds. The highest BCUT2D eigenvalue weighted by Crippen LogP contribution is 2.22. The van der Waals surface area contributed by atoms with Crippen LogP contribution in [0, 0.1) is 5.92 Å². The first kappa shape index (κ1) is 17.0. The number of hydrogen-bond acceptors (Lipinski definition) is 1.